The van der Waals surface area contributed by atoms with Crippen LogP contribution in [-0.4, -0.2) is 33.4 Å². The van der Waals surface area contributed by atoms with Crippen LogP contribution in [0.15, 0.2) is 87.1 Å². The quantitative estimate of drug-likeness (QED) is 0.440. The van der Waals surface area contributed by atoms with Crippen LogP contribution in [0, 0.1) is 0 Å². The summed E-state index contributed by atoms with van der Waals surface area (Å²) in [5.41, 5.74) is 1.28. The number of hydrogen-bond acceptors (Lipinski definition) is 7. The van der Waals surface area contributed by atoms with Gasteiger partial charge in [-0.3, -0.25) is 9.78 Å². The molecule has 4 aromatic rings. The lowest BCUT2D eigenvalue weighted by Crippen LogP contribution is -2.21. The first-order chi connectivity index (χ1) is 14.6. The molecule has 158 valence electrons. The Bertz CT molecular complexity index is 1510. The molecular weight excluding hydrogens is 440 g/mol. The molecule has 31 heavy (non-hydrogen) atoms. The number of sulfone groups is 1. The van der Waals surface area contributed by atoms with Crippen molar-refractivity contribution in [3.8, 4) is 11.5 Å². The van der Waals surface area contributed by atoms with Crippen LogP contribution in [0.4, 0.5) is 0 Å². The number of furan rings is 1. The Balaban J connectivity index is 1.66. The van der Waals surface area contributed by atoms with Gasteiger partial charge in [0, 0.05) is 17.1 Å². The number of nitrogens with two attached hydrogens (primary N) is 1. The first-order valence-corrected chi connectivity index (χ1v) is 12.2. The lowest BCUT2D eigenvalue weighted by molar-refractivity contribution is 0.102. The molecule has 0 saturated carbocycles. The molecule has 0 aliphatic rings. The lowest BCUT2D eigenvalue weighted by Gasteiger charge is -2.08. The number of hydrogen-bond donors (Lipinski definition) is 1. The molecule has 2 aromatic heterocycles. The molecule has 0 atom stereocenters. The number of carbonyl (C=O) groups is 1. The van der Waals surface area contributed by atoms with E-state index in [9.17, 15) is 21.6 Å². The lowest BCUT2D eigenvalue weighted by atomic mass is 10.1. The third kappa shape index (κ3) is 4.26. The van der Waals surface area contributed by atoms with Gasteiger partial charge in [0.25, 0.3) is 0 Å². The number of pyridine rings is 1. The second-order valence-electron chi connectivity index (χ2n) is 6.75. The fourth-order valence-corrected chi connectivity index (χ4v) is 5.80. The largest absolute Gasteiger partial charge is 0.454 e. The Hall–Kier alpha value is -3.34. The molecule has 2 heterocycles. The number of carbonyl (C=O) groups excluding carboxylic acids is 1. The predicted octanol–water partition coefficient (Wildman–Crippen LogP) is 2.80. The van der Waals surface area contributed by atoms with Crippen LogP contribution >= 0.6 is 0 Å². The summed E-state index contributed by atoms with van der Waals surface area (Å²) >= 11 is 0. The minimum Gasteiger partial charge on any atom is -0.454 e. The molecule has 10 heteroatoms. The minimum absolute atomic E-state index is 0.150. The van der Waals surface area contributed by atoms with Gasteiger partial charge >= 0.3 is 0 Å². The summed E-state index contributed by atoms with van der Waals surface area (Å²) in [4.78, 5) is 15.9. The molecule has 0 unspecified atom stereocenters. The van der Waals surface area contributed by atoms with E-state index in [0.29, 0.717) is 22.4 Å². The van der Waals surface area contributed by atoms with Gasteiger partial charge < -0.3 is 4.42 Å². The van der Waals surface area contributed by atoms with Crippen molar-refractivity contribution in [2.24, 2.45) is 5.14 Å². The van der Waals surface area contributed by atoms with Crippen molar-refractivity contribution >= 4 is 36.6 Å². The predicted molar refractivity (Wildman–Crippen MR) is 114 cm³/mol. The molecule has 0 aliphatic carbocycles. The van der Waals surface area contributed by atoms with Gasteiger partial charge in [-0.25, -0.2) is 22.0 Å². The highest BCUT2D eigenvalue weighted by atomic mass is 32.2. The van der Waals surface area contributed by atoms with Crippen molar-refractivity contribution in [3.05, 3.63) is 78.5 Å². The van der Waals surface area contributed by atoms with Crippen LogP contribution in [-0.2, 0) is 19.9 Å². The molecule has 0 radical (unpaired) electrons. The van der Waals surface area contributed by atoms with E-state index in [1.165, 1.54) is 24.3 Å². The third-order valence-electron chi connectivity index (χ3n) is 4.57. The fraction of sp³-hybridized carbons (Fsp3) is 0.0476. The number of benzene rings is 2. The molecule has 0 fully saturated rings. The van der Waals surface area contributed by atoms with Gasteiger partial charge in [-0.05, 0) is 48.5 Å². The zero-order valence-electron chi connectivity index (χ0n) is 15.9. The summed E-state index contributed by atoms with van der Waals surface area (Å²) in [6, 6.07) is 16.5. The number of primary sulfonamides is 1. The molecule has 4 rings (SSSR count). The molecule has 2 N–H and O–H groups in total. The van der Waals surface area contributed by atoms with E-state index in [1.54, 1.807) is 30.5 Å². The molecule has 2 aromatic carbocycles. The highest BCUT2D eigenvalue weighted by Gasteiger charge is 2.27. The SMILES string of the molecule is NS(=O)(=O)c1ccccc1S(=O)(=O)CC(=O)c1ccc2oc(-c3ccccn3)cc2c1. The van der Waals surface area contributed by atoms with Gasteiger partial charge in [0.1, 0.15) is 21.9 Å². The average molecular weight is 457 g/mol. The first-order valence-electron chi connectivity index (χ1n) is 8.98. The number of Topliss-reactive ketones (excluding diaryl/α,β-unsaturated/α-hetero) is 1. The fourth-order valence-electron chi connectivity index (χ4n) is 3.13. The van der Waals surface area contributed by atoms with Crippen molar-refractivity contribution in [3.63, 3.8) is 0 Å². The van der Waals surface area contributed by atoms with Gasteiger partial charge in [0.15, 0.2) is 21.4 Å². The van der Waals surface area contributed by atoms with Crippen LogP contribution in [0.3, 0.4) is 0 Å². The first kappa shape index (κ1) is 20.9. The Morgan fingerprint density at radius 1 is 0.903 bits per heavy atom. The number of ketones is 1. The molecule has 0 bridgehead atoms. The summed E-state index contributed by atoms with van der Waals surface area (Å²) in [6.07, 6.45) is 1.63. The Kier molecular flexibility index (Phi) is 5.21. The van der Waals surface area contributed by atoms with Gasteiger partial charge in [0.2, 0.25) is 10.0 Å². The van der Waals surface area contributed by atoms with Crippen LogP contribution < -0.4 is 5.14 Å². The van der Waals surface area contributed by atoms with E-state index in [2.05, 4.69) is 4.98 Å². The Labute approximate surface area is 178 Å². The second kappa shape index (κ2) is 7.73. The molecule has 8 nitrogen and oxygen atoms in total. The summed E-state index contributed by atoms with van der Waals surface area (Å²) in [5.74, 6) is -1.09. The highest BCUT2D eigenvalue weighted by molar-refractivity contribution is 7.94. The van der Waals surface area contributed by atoms with E-state index >= 15 is 0 Å². The number of nitrogens with zero attached hydrogens (tertiary/aromatic N) is 1. The maximum Gasteiger partial charge on any atom is 0.239 e. The minimum atomic E-state index is -4.28. The molecule has 0 aliphatic heterocycles. The second-order valence-corrected chi connectivity index (χ2v) is 10.2. The molecule has 0 spiro atoms. The van der Waals surface area contributed by atoms with E-state index in [1.807, 2.05) is 6.07 Å². The number of fused-ring (bicyclic) bond motifs is 1. The van der Waals surface area contributed by atoms with E-state index in [0.717, 1.165) is 12.1 Å². The van der Waals surface area contributed by atoms with Gasteiger partial charge in [0.05, 0.1) is 4.90 Å². The highest BCUT2D eigenvalue weighted by Crippen LogP contribution is 2.28. The summed E-state index contributed by atoms with van der Waals surface area (Å²) in [6.45, 7) is 0. The summed E-state index contributed by atoms with van der Waals surface area (Å²) in [5, 5.41) is 5.72. The maximum absolute atomic E-state index is 12.8. The van der Waals surface area contributed by atoms with Crippen LogP contribution in [0.5, 0.6) is 0 Å². The van der Waals surface area contributed by atoms with E-state index in [-0.39, 0.29) is 5.56 Å². The van der Waals surface area contributed by atoms with Crippen LogP contribution in [0.1, 0.15) is 10.4 Å². The third-order valence-corrected chi connectivity index (χ3v) is 7.33. The Morgan fingerprint density at radius 2 is 1.61 bits per heavy atom. The van der Waals surface area contributed by atoms with E-state index < -0.39 is 41.2 Å². The standard InChI is InChI=1S/C21H16N2O6S2/c22-31(27,28)21-7-2-1-6-20(21)30(25,26)13-17(24)14-8-9-18-15(11-14)12-19(29-18)16-5-3-4-10-23-16/h1-12H,13H2,(H2,22,27,28). The van der Waals surface area contributed by atoms with Gasteiger partial charge in [-0.1, -0.05) is 18.2 Å². The van der Waals surface area contributed by atoms with Gasteiger partial charge in [-0.15, -0.1) is 0 Å². The van der Waals surface area contributed by atoms with Crippen molar-refractivity contribution in [1.82, 2.24) is 4.98 Å². The number of rotatable bonds is 6. The average Bonchev–Trinajstić information content (AvgIpc) is 3.17. The van der Waals surface area contributed by atoms with Crippen molar-refractivity contribution in [1.29, 1.82) is 0 Å². The van der Waals surface area contributed by atoms with Crippen molar-refractivity contribution < 1.29 is 26.0 Å². The van der Waals surface area contributed by atoms with Crippen LogP contribution in [0.25, 0.3) is 22.4 Å². The zero-order valence-corrected chi connectivity index (χ0v) is 17.6. The maximum atomic E-state index is 12.8. The van der Waals surface area contributed by atoms with Crippen LogP contribution in [0.2, 0.25) is 0 Å². The topological polar surface area (TPSA) is 137 Å². The Morgan fingerprint density at radius 3 is 2.29 bits per heavy atom. The van der Waals surface area contributed by atoms with Crippen molar-refractivity contribution in [2.45, 2.75) is 9.79 Å². The summed E-state index contributed by atoms with van der Waals surface area (Å²) < 4.78 is 54.7. The normalized spacial score (nSPS) is 12.2. The smallest absolute Gasteiger partial charge is 0.239 e. The summed E-state index contributed by atoms with van der Waals surface area (Å²) in [7, 11) is -8.53. The molecule has 0 saturated heterocycles. The molecular formula is C21H16N2O6S2. The van der Waals surface area contributed by atoms with E-state index in [4.69, 9.17) is 9.56 Å². The monoisotopic (exact) mass is 456 g/mol. The zero-order chi connectivity index (χ0) is 22.2. The van der Waals surface area contributed by atoms with Gasteiger partial charge in [-0.2, -0.15) is 0 Å². The number of aromatic nitrogens is 1. The number of sulfonamides is 1. The molecule has 0 amide bonds. The van der Waals surface area contributed by atoms with Crippen molar-refractivity contribution in [2.75, 3.05) is 5.75 Å².